The molecule has 1 aliphatic heterocycles. The van der Waals surface area contributed by atoms with Crippen molar-refractivity contribution in [1.82, 2.24) is 5.32 Å². The summed E-state index contributed by atoms with van der Waals surface area (Å²) in [6.45, 7) is 2.08. The molecule has 4 heteroatoms. The van der Waals surface area contributed by atoms with Gasteiger partial charge >= 0.3 is 0 Å². The molecule has 0 amide bonds. The van der Waals surface area contributed by atoms with Gasteiger partial charge in [0.15, 0.2) is 0 Å². The van der Waals surface area contributed by atoms with Crippen LogP contribution in [0.25, 0.3) is 0 Å². The average Bonchev–Trinajstić information content (AvgIpc) is 2.81. The van der Waals surface area contributed by atoms with E-state index in [0.29, 0.717) is 0 Å². The first kappa shape index (κ1) is 14.8. The number of halogens is 2. The molecule has 2 aromatic carbocycles. The Balaban J connectivity index is 1.99. The molecule has 0 radical (unpaired) electrons. The largest absolute Gasteiger partial charge is 0.490 e. The zero-order valence-electron chi connectivity index (χ0n) is 12.0. The lowest BCUT2D eigenvalue weighted by Crippen LogP contribution is -2.19. The highest BCUT2D eigenvalue weighted by Crippen LogP contribution is 2.33. The van der Waals surface area contributed by atoms with Gasteiger partial charge in [0.05, 0.1) is 6.04 Å². The third-order valence-corrected chi connectivity index (χ3v) is 4.75. The first-order valence-electron chi connectivity index (χ1n) is 7.00. The molecule has 3 rings (SSSR count). The quantitative estimate of drug-likeness (QED) is 0.789. The molecule has 2 nitrogen and oxygen atoms in total. The summed E-state index contributed by atoms with van der Waals surface area (Å²) in [5, 5.41) is 3.33. The van der Waals surface area contributed by atoms with Crippen molar-refractivity contribution in [3.63, 3.8) is 0 Å². The molecular weight excluding hydrogens is 380 g/mol. The standard InChI is InChI=1S/C17H17FINO/c1-10-7-12-8-11(3-6-16(12)21-10)17(20-2)14-5-4-13(18)9-15(14)19/h3-6,8-10,17,20H,7H2,1-2H3. The molecule has 2 unspecified atom stereocenters. The van der Waals surface area contributed by atoms with Gasteiger partial charge in [0.25, 0.3) is 0 Å². The molecule has 1 N–H and O–H groups in total. The summed E-state index contributed by atoms with van der Waals surface area (Å²) in [5.41, 5.74) is 3.52. The summed E-state index contributed by atoms with van der Waals surface area (Å²) in [5.74, 6) is 0.782. The first-order valence-corrected chi connectivity index (χ1v) is 8.08. The summed E-state index contributed by atoms with van der Waals surface area (Å²) in [4.78, 5) is 0. The smallest absolute Gasteiger partial charge is 0.124 e. The second kappa shape index (κ2) is 5.93. The maximum Gasteiger partial charge on any atom is 0.124 e. The van der Waals surface area contributed by atoms with Crippen LogP contribution in [-0.4, -0.2) is 13.2 Å². The van der Waals surface area contributed by atoms with E-state index in [1.165, 1.54) is 17.2 Å². The molecule has 0 saturated carbocycles. The zero-order valence-corrected chi connectivity index (χ0v) is 14.1. The molecule has 1 heterocycles. The molecule has 0 fully saturated rings. The normalized spacial score (nSPS) is 18.2. The number of hydrogen-bond donors (Lipinski definition) is 1. The van der Waals surface area contributed by atoms with Gasteiger partial charge in [-0.15, -0.1) is 0 Å². The highest BCUT2D eigenvalue weighted by molar-refractivity contribution is 14.1. The van der Waals surface area contributed by atoms with Gasteiger partial charge in [-0.3, -0.25) is 0 Å². The third-order valence-electron chi connectivity index (χ3n) is 3.82. The van der Waals surface area contributed by atoms with Crippen LogP contribution >= 0.6 is 22.6 Å². The summed E-state index contributed by atoms with van der Waals surface area (Å²) >= 11 is 2.19. The summed E-state index contributed by atoms with van der Waals surface area (Å²) < 4.78 is 20.0. The summed E-state index contributed by atoms with van der Waals surface area (Å²) in [6.07, 6.45) is 1.19. The third kappa shape index (κ3) is 2.92. The van der Waals surface area contributed by atoms with Crippen molar-refractivity contribution in [3.05, 3.63) is 62.5 Å². The van der Waals surface area contributed by atoms with Crippen molar-refractivity contribution < 1.29 is 9.13 Å². The lowest BCUT2D eigenvalue weighted by molar-refractivity contribution is 0.254. The molecular formula is C17H17FINO. The predicted octanol–water partition coefficient (Wildman–Crippen LogP) is 4.06. The van der Waals surface area contributed by atoms with Crippen LogP contribution in [0.15, 0.2) is 36.4 Å². The molecule has 0 spiro atoms. The fraction of sp³-hybridized carbons (Fsp3) is 0.294. The molecule has 21 heavy (non-hydrogen) atoms. The van der Waals surface area contributed by atoms with E-state index in [0.717, 1.165) is 21.3 Å². The van der Waals surface area contributed by atoms with Crippen LogP contribution in [0.3, 0.4) is 0 Å². The Hall–Kier alpha value is -1.14. The SMILES string of the molecule is CNC(c1ccc2c(c1)CC(C)O2)c1ccc(F)cc1I. The van der Waals surface area contributed by atoms with Gasteiger partial charge in [-0.2, -0.15) is 0 Å². The Labute approximate surface area is 137 Å². The van der Waals surface area contributed by atoms with E-state index < -0.39 is 0 Å². The highest BCUT2D eigenvalue weighted by Gasteiger charge is 2.22. The molecule has 2 aromatic rings. The molecule has 0 aliphatic carbocycles. The highest BCUT2D eigenvalue weighted by atomic mass is 127. The molecule has 0 bridgehead atoms. The van der Waals surface area contributed by atoms with Crippen LogP contribution in [0.5, 0.6) is 5.75 Å². The minimum absolute atomic E-state index is 0.0544. The molecule has 110 valence electrons. The van der Waals surface area contributed by atoms with Crippen LogP contribution in [-0.2, 0) is 6.42 Å². The van der Waals surface area contributed by atoms with Crippen LogP contribution < -0.4 is 10.1 Å². The fourth-order valence-corrected chi connectivity index (χ4v) is 3.65. The van der Waals surface area contributed by atoms with Gasteiger partial charge in [-0.1, -0.05) is 18.2 Å². The summed E-state index contributed by atoms with van der Waals surface area (Å²) in [6, 6.07) is 11.3. The first-order chi connectivity index (χ1) is 10.1. The lowest BCUT2D eigenvalue weighted by atomic mass is 9.96. The second-order valence-corrected chi connectivity index (χ2v) is 6.55. The van der Waals surface area contributed by atoms with Crippen molar-refractivity contribution in [2.75, 3.05) is 7.05 Å². The van der Waals surface area contributed by atoms with Gasteiger partial charge in [0, 0.05) is 9.99 Å². The molecule has 1 aliphatic rings. The monoisotopic (exact) mass is 397 g/mol. The molecule has 0 saturated heterocycles. The molecule has 2 atom stereocenters. The Morgan fingerprint density at radius 2 is 2.10 bits per heavy atom. The van der Waals surface area contributed by atoms with Crippen molar-refractivity contribution in [2.45, 2.75) is 25.5 Å². The van der Waals surface area contributed by atoms with Crippen LogP contribution in [0.2, 0.25) is 0 Å². The van der Waals surface area contributed by atoms with Crippen molar-refractivity contribution in [1.29, 1.82) is 0 Å². The number of ether oxygens (including phenoxy) is 1. The van der Waals surface area contributed by atoms with Crippen molar-refractivity contribution >= 4 is 22.6 Å². The fourth-order valence-electron chi connectivity index (χ4n) is 2.86. The van der Waals surface area contributed by atoms with Gasteiger partial charge in [-0.05, 0) is 71.5 Å². The van der Waals surface area contributed by atoms with Crippen LogP contribution in [0.4, 0.5) is 4.39 Å². The Morgan fingerprint density at radius 3 is 2.81 bits per heavy atom. The number of nitrogens with one attached hydrogen (secondary N) is 1. The summed E-state index contributed by atoms with van der Waals surface area (Å²) in [7, 11) is 1.93. The van der Waals surface area contributed by atoms with Gasteiger partial charge in [0.1, 0.15) is 17.7 Å². The van der Waals surface area contributed by atoms with E-state index in [2.05, 4.69) is 47.0 Å². The minimum Gasteiger partial charge on any atom is -0.490 e. The van der Waals surface area contributed by atoms with Crippen molar-refractivity contribution in [3.8, 4) is 5.75 Å². The van der Waals surface area contributed by atoms with Crippen molar-refractivity contribution in [2.24, 2.45) is 0 Å². The minimum atomic E-state index is -0.200. The van der Waals surface area contributed by atoms with Crippen LogP contribution in [0.1, 0.15) is 29.7 Å². The van der Waals surface area contributed by atoms with Gasteiger partial charge < -0.3 is 10.1 Å². The van der Waals surface area contributed by atoms with Gasteiger partial charge in [-0.25, -0.2) is 4.39 Å². The zero-order chi connectivity index (χ0) is 15.0. The average molecular weight is 397 g/mol. The van der Waals surface area contributed by atoms with E-state index >= 15 is 0 Å². The second-order valence-electron chi connectivity index (χ2n) is 5.39. The Morgan fingerprint density at radius 1 is 1.29 bits per heavy atom. The molecule has 0 aromatic heterocycles. The van der Waals surface area contributed by atoms with Gasteiger partial charge in [0.2, 0.25) is 0 Å². The Kier molecular flexibility index (Phi) is 4.17. The number of fused-ring (bicyclic) bond motifs is 1. The Bertz CT molecular complexity index is 674. The predicted molar refractivity (Wildman–Crippen MR) is 90.3 cm³/mol. The lowest BCUT2D eigenvalue weighted by Gasteiger charge is -2.19. The maximum absolute atomic E-state index is 13.3. The number of hydrogen-bond acceptors (Lipinski definition) is 2. The van der Waals surface area contributed by atoms with E-state index in [1.54, 1.807) is 6.07 Å². The van der Waals surface area contributed by atoms with E-state index in [1.807, 2.05) is 19.2 Å². The van der Waals surface area contributed by atoms with E-state index in [4.69, 9.17) is 4.74 Å². The number of rotatable bonds is 3. The van der Waals surface area contributed by atoms with Crippen LogP contribution in [0, 0.1) is 9.39 Å². The maximum atomic E-state index is 13.3. The van der Waals surface area contributed by atoms with E-state index in [9.17, 15) is 4.39 Å². The number of benzene rings is 2. The topological polar surface area (TPSA) is 21.3 Å². The van der Waals surface area contributed by atoms with E-state index in [-0.39, 0.29) is 18.0 Å².